The highest BCUT2D eigenvalue weighted by Gasteiger charge is 2.51. The van der Waals surface area contributed by atoms with Crippen molar-refractivity contribution in [2.45, 2.75) is 77.2 Å². The standard InChI is InChI=1S/C18H31N/c1-2-19-17(16-4-3-5-16)12-18-9-13-6-14(10-18)8-15(7-13)11-18/h13-17,19H,2-12H2,1H3. The quantitative estimate of drug-likeness (QED) is 0.775. The molecule has 5 aliphatic carbocycles. The minimum atomic E-state index is 0.775. The molecule has 0 amide bonds. The van der Waals surface area contributed by atoms with E-state index in [1.54, 1.807) is 38.5 Å². The maximum absolute atomic E-state index is 3.86. The average Bonchev–Trinajstić information content (AvgIpc) is 2.23. The summed E-state index contributed by atoms with van der Waals surface area (Å²) in [6.07, 6.45) is 15.6. The van der Waals surface area contributed by atoms with Gasteiger partial charge < -0.3 is 5.32 Å². The van der Waals surface area contributed by atoms with Gasteiger partial charge in [0.1, 0.15) is 0 Å². The van der Waals surface area contributed by atoms with E-state index in [0.717, 1.165) is 35.1 Å². The van der Waals surface area contributed by atoms with Gasteiger partial charge in [-0.2, -0.15) is 0 Å². The van der Waals surface area contributed by atoms with E-state index in [9.17, 15) is 0 Å². The average molecular weight is 261 g/mol. The lowest BCUT2D eigenvalue weighted by atomic mass is 9.48. The molecule has 5 rings (SSSR count). The van der Waals surface area contributed by atoms with Crippen LogP contribution in [0.2, 0.25) is 0 Å². The number of rotatable bonds is 5. The van der Waals surface area contributed by atoms with Gasteiger partial charge in [-0.3, -0.25) is 0 Å². The fourth-order valence-electron chi connectivity index (χ4n) is 6.52. The predicted octanol–water partition coefficient (Wildman–Crippen LogP) is 4.37. The van der Waals surface area contributed by atoms with Gasteiger partial charge in [0.2, 0.25) is 0 Å². The molecule has 0 aromatic rings. The summed E-state index contributed by atoms with van der Waals surface area (Å²) in [7, 11) is 0. The van der Waals surface area contributed by atoms with Crippen LogP contribution in [0, 0.1) is 29.1 Å². The van der Waals surface area contributed by atoms with Gasteiger partial charge in [0.25, 0.3) is 0 Å². The van der Waals surface area contributed by atoms with Crippen molar-refractivity contribution in [3.8, 4) is 0 Å². The van der Waals surface area contributed by atoms with E-state index in [0.29, 0.717) is 0 Å². The van der Waals surface area contributed by atoms with Crippen molar-refractivity contribution in [1.29, 1.82) is 0 Å². The van der Waals surface area contributed by atoms with Gasteiger partial charge in [0.05, 0.1) is 0 Å². The zero-order valence-corrected chi connectivity index (χ0v) is 12.7. The molecule has 1 heteroatoms. The Kier molecular flexibility index (Phi) is 3.17. The van der Waals surface area contributed by atoms with E-state index in [2.05, 4.69) is 12.2 Å². The lowest BCUT2D eigenvalue weighted by Gasteiger charge is -2.58. The van der Waals surface area contributed by atoms with E-state index in [1.165, 1.54) is 32.2 Å². The number of nitrogens with one attached hydrogen (secondary N) is 1. The second-order valence-corrected chi connectivity index (χ2v) is 8.48. The van der Waals surface area contributed by atoms with Gasteiger partial charge in [0, 0.05) is 6.04 Å². The van der Waals surface area contributed by atoms with Crippen LogP contribution in [-0.4, -0.2) is 12.6 Å². The van der Waals surface area contributed by atoms with E-state index in [4.69, 9.17) is 0 Å². The molecule has 1 atom stereocenters. The van der Waals surface area contributed by atoms with Crippen molar-refractivity contribution in [1.82, 2.24) is 5.32 Å². The highest BCUT2D eigenvalue weighted by atomic mass is 14.9. The van der Waals surface area contributed by atoms with Crippen LogP contribution in [0.4, 0.5) is 0 Å². The molecular weight excluding hydrogens is 230 g/mol. The SMILES string of the molecule is CCNC(CC12CC3CC(CC(C3)C1)C2)C1CCC1. The molecule has 108 valence electrons. The third-order valence-corrected chi connectivity index (χ3v) is 7.00. The molecular formula is C18H31N. The molecule has 4 bridgehead atoms. The maximum atomic E-state index is 3.86. The van der Waals surface area contributed by atoms with Crippen LogP contribution in [0.15, 0.2) is 0 Å². The second-order valence-electron chi connectivity index (χ2n) is 8.48. The van der Waals surface area contributed by atoms with Crippen LogP contribution < -0.4 is 5.32 Å². The van der Waals surface area contributed by atoms with E-state index in [-0.39, 0.29) is 0 Å². The molecule has 1 unspecified atom stereocenters. The molecule has 1 N–H and O–H groups in total. The van der Waals surface area contributed by atoms with Crippen molar-refractivity contribution in [3.05, 3.63) is 0 Å². The van der Waals surface area contributed by atoms with Gasteiger partial charge in [-0.15, -0.1) is 0 Å². The first-order valence-electron chi connectivity index (χ1n) is 9.00. The monoisotopic (exact) mass is 261 g/mol. The molecule has 19 heavy (non-hydrogen) atoms. The lowest BCUT2D eigenvalue weighted by molar-refractivity contribution is -0.0669. The Balaban J connectivity index is 1.48. The topological polar surface area (TPSA) is 12.0 Å². The van der Waals surface area contributed by atoms with Gasteiger partial charge in [0.15, 0.2) is 0 Å². The first kappa shape index (κ1) is 12.7. The highest BCUT2D eigenvalue weighted by molar-refractivity contribution is 5.03. The molecule has 5 saturated carbocycles. The predicted molar refractivity (Wildman–Crippen MR) is 80.0 cm³/mol. The number of hydrogen-bond acceptors (Lipinski definition) is 1. The Morgan fingerprint density at radius 2 is 1.58 bits per heavy atom. The zero-order chi connectivity index (χ0) is 12.9. The molecule has 5 aliphatic rings. The van der Waals surface area contributed by atoms with Crippen molar-refractivity contribution < 1.29 is 0 Å². The summed E-state index contributed by atoms with van der Waals surface area (Å²) in [6, 6.07) is 0.856. The smallest absolute Gasteiger partial charge is 0.0100 e. The van der Waals surface area contributed by atoms with Gasteiger partial charge in [-0.05, 0) is 93.4 Å². The maximum Gasteiger partial charge on any atom is 0.0100 e. The van der Waals surface area contributed by atoms with Gasteiger partial charge in [-0.1, -0.05) is 13.3 Å². The summed E-state index contributed by atoms with van der Waals surface area (Å²) in [5, 5.41) is 3.86. The fraction of sp³-hybridized carbons (Fsp3) is 1.00. The summed E-state index contributed by atoms with van der Waals surface area (Å²) in [4.78, 5) is 0. The second kappa shape index (κ2) is 4.76. The van der Waals surface area contributed by atoms with Crippen molar-refractivity contribution in [2.24, 2.45) is 29.1 Å². The third-order valence-electron chi connectivity index (χ3n) is 7.00. The van der Waals surface area contributed by atoms with Crippen LogP contribution in [0.1, 0.15) is 71.1 Å². The Hall–Kier alpha value is -0.0400. The summed E-state index contributed by atoms with van der Waals surface area (Å²) in [6.45, 7) is 3.47. The molecule has 0 aromatic carbocycles. The van der Waals surface area contributed by atoms with Crippen molar-refractivity contribution in [3.63, 3.8) is 0 Å². The summed E-state index contributed by atoms with van der Waals surface area (Å²) in [5.74, 6) is 4.38. The van der Waals surface area contributed by atoms with Crippen LogP contribution in [-0.2, 0) is 0 Å². The Labute approximate surface area is 118 Å². The van der Waals surface area contributed by atoms with Crippen LogP contribution >= 0.6 is 0 Å². The molecule has 0 aliphatic heterocycles. The lowest BCUT2D eigenvalue weighted by Crippen LogP contribution is -2.51. The first-order valence-corrected chi connectivity index (χ1v) is 9.00. The Bertz CT molecular complexity index is 295. The molecule has 0 radical (unpaired) electrons. The van der Waals surface area contributed by atoms with Gasteiger partial charge in [-0.25, -0.2) is 0 Å². The van der Waals surface area contributed by atoms with Crippen LogP contribution in [0.3, 0.4) is 0 Å². The molecule has 0 heterocycles. The Morgan fingerprint density at radius 3 is 2.00 bits per heavy atom. The van der Waals surface area contributed by atoms with Crippen molar-refractivity contribution >= 4 is 0 Å². The molecule has 1 nitrogen and oxygen atoms in total. The third kappa shape index (κ3) is 2.26. The first-order chi connectivity index (χ1) is 9.26. The normalized spacial score (nSPS) is 46.3. The summed E-state index contributed by atoms with van der Waals surface area (Å²) in [5.41, 5.74) is 0.775. The zero-order valence-electron chi connectivity index (χ0n) is 12.7. The highest BCUT2D eigenvalue weighted by Crippen LogP contribution is 2.62. The molecule has 5 fully saturated rings. The minimum Gasteiger partial charge on any atom is -0.314 e. The molecule has 0 aromatic heterocycles. The number of hydrogen-bond donors (Lipinski definition) is 1. The fourth-order valence-corrected chi connectivity index (χ4v) is 6.52. The molecule has 0 spiro atoms. The largest absolute Gasteiger partial charge is 0.314 e. The summed E-state index contributed by atoms with van der Waals surface area (Å²) >= 11 is 0. The molecule has 0 saturated heterocycles. The Morgan fingerprint density at radius 1 is 1.00 bits per heavy atom. The van der Waals surface area contributed by atoms with Crippen LogP contribution in [0.5, 0.6) is 0 Å². The van der Waals surface area contributed by atoms with E-state index < -0.39 is 0 Å². The summed E-state index contributed by atoms with van der Waals surface area (Å²) < 4.78 is 0. The van der Waals surface area contributed by atoms with Gasteiger partial charge >= 0.3 is 0 Å². The van der Waals surface area contributed by atoms with E-state index in [1.807, 2.05) is 0 Å². The van der Waals surface area contributed by atoms with Crippen LogP contribution in [0.25, 0.3) is 0 Å². The van der Waals surface area contributed by atoms with Crippen molar-refractivity contribution in [2.75, 3.05) is 6.54 Å². The minimum absolute atomic E-state index is 0.775. The van der Waals surface area contributed by atoms with E-state index >= 15 is 0 Å².